The normalized spacial score (nSPS) is 7.34. The lowest BCUT2D eigenvalue weighted by Gasteiger charge is -2.07. The number of hydrogen-bond donors (Lipinski definition) is 1. The van der Waals surface area contributed by atoms with Gasteiger partial charge in [0.1, 0.15) is 0 Å². The van der Waals surface area contributed by atoms with Crippen LogP contribution in [-0.4, -0.2) is 150 Å². The molecule has 0 aromatic rings. The van der Waals surface area contributed by atoms with E-state index in [4.69, 9.17) is 107 Å². The predicted octanol–water partition coefficient (Wildman–Crippen LogP) is 5.57. The highest BCUT2D eigenvalue weighted by Gasteiger charge is 2.01. The summed E-state index contributed by atoms with van der Waals surface area (Å²) in [6.07, 6.45) is 0.438. The SMILES string of the molecule is [CH2]C(OC)OC=C(C)C(=O)O.[CH2]C[O].[CH2]C[O].[CH2]C[O].[CH2]C[O].[CH2]C[O].[CH2]C[O].[CH2]C[O].[CH2]C[O].[CH2]C[O].[CH2]C[O].[CH2]C[O].[CH2]C[O].[CH2]C[O].[CH2]C[O].[CH2]C[O].[CH2]C[O].[CH2]C[O].[CH2]C[O].[CH2]C[O]. The third-order valence-electron chi connectivity index (χ3n) is 0.997. The highest BCUT2D eigenvalue weighted by atomic mass is 16.7. The Bertz CT molecular complexity index is 371. The number of carboxylic acid groups (broad SMARTS) is 1. The van der Waals surface area contributed by atoms with Crippen molar-refractivity contribution in [2.24, 2.45) is 0 Å². The predicted molar refractivity (Wildman–Crippen MR) is 246 cm³/mol. The van der Waals surface area contributed by atoms with Gasteiger partial charge in [-0.3, -0.25) is 0 Å². The van der Waals surface area contributed by atoms with Gasteiger partial charge < -0.3 is 14.6 Å². The van der Waals surface area contributed by atoms with Gasteiger partial charge in [0.05, 0.1) is 137 Å². The number of aliphatic carboxylic acids is 1. The zero-order valence-electron chi connectivity index (χ0n) is 41.2. The van der Waals surface area contributed by atoms with Gasteiger partial charge in [-0.1, -0.05) is 0 Å². The molecule has 1 atom stereocenters. The Kier molecular flexibility index (Phi) is 611. The number of carboxylic acids is 1. The van der Waals surface area contributed by atoms with Crippen LogP contribution in [-0.2, 0) is 111 Å². The molecule has 0 bridgehead atoms. The third-order valence-corrected chi connectivity index (χ3v) is 0.997. The molecule has 0 aliphatic carbocycles. The molecule has 0 amide bonds. The summed E-state index contributed by atoms with van der Waals surface area (Å²) in [7, 11) is 1.42. The molecule has 0 aromatic heterocycles. The van der Waals surface area contributed by atoms with E-state index < -0.39 is 12.3 Å². The van der Waals surface area contributed by atoms with Crippen molar-refractivity contribution in [2.45, 2.75) is 13.2 Å². The van der Waals surface area contributed by atoms with Gasteiger partial charge in [0.15, 0.2) is 6.29 Å². The monoisotopic (exact) mass is 996 g/mol. The first-order valence-electron chi connectivity index (χ1n) is 18.0. The molecule has 68 heavy (non-hydrogen) atoms. The Hall–Kier alpha value is -1.79. The number of carbonyl (C=O) groups is 1. The van der Waals surface area contributed by atoms with Crippen molar-refractivity contribution in [1.29, 1.82) is 0 Å². The zero-order chi connectivity index (χ0) is 60.3. The molecule has 1 unspecified atom stereocenters. The van der Waals surface area contributed by atoms with E-state index in [-0.39, 0.29) is 131 Å². The summed E-state index contributed by atoms with van der Waals surface area (Å²) >= 11 is 0. The van der Waals surface area contributed by atoms with Crippen molar-refractivity contribution in [3.63, 3.8) is 0 Å². The van der Waals surface area contributed by atoms with E-state index in [0.29, 0.717) is 0 Å². The molecule has 1 N–H and O–H groups in total. The van der Waals surface area contributed by atoms with E-state index in [1.54, 1.807) is 0 Å². The van der Waals surface area contributed by atoms with E-state index in [1.807, 2.05) is 0 Å². The Labute approximate surface area is 417 Å². The summed E-state index contributed by atoms with van der Waals surface area (Å²) in [4.78, 5) is 10.2. The van der Waals surface area contributed by atoms with Gasteiger partial charge in [-0.15, -0.1) is 0 Å². The van der Waals surface area contributed by atoms with Crippen molar-refractivity contribution in [1.82, 2.24) is 0 Å². The summed E-state index contributed by atoms with van der Waals surface area (Å²) in [5, 5.41) is 176. The summed E-state index contributed by atoms with van der Waals surface area (Å²) < 4.78 is 9.35. The highest BCUT2D eigenvalue weighted by molar-refractivity contribution is 5.85. The van der Waals surface area contributed by atoms with E-state index in [2.05, 4.69) is 143 Å². The Morgan fingerprint density at radius 2 is 0.426 bits per heavy atom. The van der Waals surface area contributed by atoms with Gasteiger partial charge in [0, 0.05) is 14.0 Å². The molecule has 0 aliphatic rings. The van der Waals surface area contributed by atoms with Crippen LogP contribution in [0.4, 0.5) is 0 Å². The van der Waals surface area contributed by atoms with E-state index in [9.17, 15) is 4.79 Å². The summed E-state index contributed by atoms with van der Waals surface area (Å²) in [6.45, 7) is 55.8. The van der Waals surface area contributed by atoms with Crippen LogP contribution in [0.2, 0.25) is 0 Å². The van der Waals surface area contributed by atoms with E-state index >= 15 is 0 Å². The first-order valence-corrected chi connectivity index (χ1v) is 18.0. The van der Waals surface area contributed by atoms with Crippen molar-refractivity contribution in [2.75, 3.05) is 133 Å². The molecule has 405 valence electrons. The fourth-order valence-corrected chi connectivity index (χ4v) is 0.284. The number of methoxy groups -OCH3 is 1. The summed E-state index contributed by atoms with van der Waals surface area (Å²) in [6, 6.07) is 0. The van der Waals surface area contributed by atoms with Gasteiger partial charge in [-0.25, -0.2) is 102 Å². The second-order valence-corrected chi connectivity index (χ2v) is 5.79. The number of rotatable bonds is 4. The summed E-state index contributed by atoms with van der Waals surface area (Å²) in [5.74, 6) is -1.02. The van der Waals surface area contributed by atoms with Gasteiger partial charge >= 0.3 is 5.97 Å². The molecule has 23 nitrogen and oxygen atoms in total. The molecule has 0 aromatic carbocycles. The van der Waals surface area contributed by atoms with Crippen molar-refractivity contribution in [3.8, 4) is 0 Å². The smallest absolute Gasteiger partial charge is 0.334 e. The molecule has 0 spiro atoms. The van der Waals surface area contributed by atoms with Crippen molar-refractivity contribution < 1.29 is 116 Å². The molecule has 0 saturated heterocycles. The fourth-order valence-electron chi connectivity index (χ4n) is 0.284. The third kappa shape index (κ3) is 3020. The maximum Gasteiger partial charge on any atom is 0.334 e. The minimum absolute atomic E-state index is 0.107. The quantitative estimate of drug-likeness (QED) is 0.214. The molecule has 0 saturated carbocycles. The van der Waals surface area contributed by atoms with Crippen LogP contribution in [0.1, 0.15) is 6.92 Å². The summed E-state index contributed by atoms with van der Waals surface area (Å²) in [5.41, 5.74) is 0.107. The van der Waals surface area contributed by atoms with Crippen LogP contribution in [0, 0.1) is 138 Å². The van der Waals surface area contributed by atoms with Gasteiger partial charge in [0.2, 0.25) is 0 Å². The van der Waals surface area contributed by atoms with Crippen LogP contribution in [0.25, 0.3) is 0 Å². The minimum atomic E-state index is -1.02. The molecular formula is C45H87O23. The first kappa shape index (κ1) is 132. The molecule has 0 aliphatic heterocycles. The standard InChI is InChI=1S/C7H11O4.19C2H4O/c1-5(7(8)9)4-11-6(2)10-3;19*1-2-3/h4,6H,2H2,1,3H3,(H,8,9);19*1-2H2. The minimum Gasteiger partial charge on any atom is -0.478 e. The molecule has 0 heterocycles. The second kappa shape index (κ2) is 315. The van der Waals surface area contributed by atoms with Crippen molar-refractivity contribution >= 4 is 5.97 Å². The molecule has 39 radical (unpaired) electrons. The van der Waals surface area contributed by atoms with Crippen LogP contribution in [0.3, 0.4) is 0 Å². The van der Waals surface area contributed by atoms with E-state index in [0.717, 1.165) is 6.26 Å². The number of hydrogen-bond acceptors (Lipinski definition) is 3. The van der Waals surface area contributed by atoms with Crippen LogP contribution >= 0.6 is 0 Å². The molecular weight excluding hydrogens is 908 g/mol. The van der Waals surface area contributed by atoms with Gasteiger partial charge in [-0.2, -0.15) is 0 Å². The molecule has 23 heteroatoms. The highest BCUT2D eigenvalue weighted by Crippen LogP contribution is 1.97. The second-order valence-electron chi connectivity index (χ2n) is 5.79. The lowest BCUT2D eigenvalue weighted by molar-refractivity contribution is -0.133. The maximum absolute atomic E-state index is 10.2. The lowest BCUT2D eigenvalue weighted by atomic mass is 10.3. The first-order chi connectivity index (χ1) is 31.9. The van der Waals surface area contributed by atoms with Gasteiger partial charge in [0.25, 0.3) is 0 Å². The Morgan fingerprint density at radius 1 is 0.338 bits per heavy atom. The van der Waals surface area contributed by atoms with Crippen LogP contribution in [0.15, 0.2) is 11.8 Å². The van der Waals surface area contributed by atoms with Gasteiger partial charge in [-0.05, 0) is 138 Å². The Balaban J connectivity index is -0.0000000203. The lowest BCUT2D eigenvalue weighted by Crippen LogP contribution is -2.08. The Morgan fingerprint density at radius 3 is 0.485 bits per heavy atom. The maximum atomic E-state index is 10.2. The van der Waals surface area contributed by atoms with Crippen molar-refractivity contribution in [3.05, 3.63) is 150 Å². The molecule has 0 rings (SSSR count). The zero-order valence-corrected chi connectivity index (χ0v) is 41.2. The van der Waals surface area contributed by atoms with E-state index in [1.165, 1.54) is 14.0 Å². The topological polar surface area (TPSA) is 434 Å². The average molecular weight is 996 g/mol. The van der Waals surface area contributed by atoms with Crippen LogP contribution in [0.5, 0.6) is 0 Å². The number of ether oxygens (including phenoxy) is 2. The molecule has 0 fully saturated rings. The fraction of sp³-hybridized carbons (Fsp3) is 0.489. The largest absolute Gasteiger partial charge is 0.478 e. The average Bonchev–Trinajstić information content (AvgIpc) is 3.23. The van der Waals surface area contributed by atoms with Crippen LogP contribution < -0.4 is 0 Å².